The standard InChI is InChI=1S/C24H17F3N4O3S/c1-14-19(22-29-21(30-34-22)18-11-6-12-35-18)20(15-7-3-2-4-8-15)28-23(32)31(14)16-9-5-10-17(13-16)33-24(25,26)27/h2-13,20H,1H3,(H,28,32). The van der Waals surface area contributed by atoms with Gasteiger partial charge in [0.15, 0.2) is 0 Å². The molecule has 0 aliphatic carbocycles. The van der Waals surface area contributed by atoms with Crippen molar-refractivity contribution < 1.29 is 27.2 Å². The van der Waals surface area contributed by atoms with Gasteiger partial charge in [0, 0.05) is 11.8 Å². The van der Waals surface area contributed by atoms with Crippen molar-refractivity contribution in [2.75, 3.05) is 4.90 Å². The molecule has 1 atom stereocenters. The maximum atomic E-state index is 13.2. The van der Waals surface area contributed by atoms with Gasteiger partial charge in [-0.3, -0.25) is 4.90 Å². The van der Waals surface area contributed by atoms with E-state index in [4.69, 9.17) is 4.52 Å². The van der Waals surface area contributed by atoms with Gasteiger partial charge in [-0.05, 0) is 36.1 Å². The van der Waals surface area contributed by atoms with Crippen molar-refractivity contribution >= 4 is 28.6 Å². The SMILES string of the molecule is CC1=C(c2nc(-c3cccs3)no2)C(c2ccccc2)NC(=O)N1c1cccc(OC(F)(F)F)c1. The number of benzene rings is 2. The second kappa shape index (κ2) is 8.91. The number of halogens is 3. The van der Waals surface area contributed by atoms with Crippen LogP contribution in [0.3, 0.4) is 0 Å². The Morgan fingerprint density at radius 1 is 1.09 bits per heavy atom. The minimum atomic E-state index is -4.86. The van der Waals surface area contributed by atoms with Gasteiger partial charge in [-0.15, -0.1) is 24.5 Å². The lowest BCUT2D eigenvalue weighted by Crippen LogP contribution is -2.46. The number of amides is 2. The number of aromatic nitrogens is 2. The van der Waals surface area contributed by atoms with Gasteiger partial charge in [0.1, 0.15) is 5.75 Å². The number of hydrogen-bond acceptors (Lipinski definition) is 6. The predicted octanol–water partition coefficient (Wildman–Crippen LogP) is 6.40. The van der Waals surface area contributed by atoms with Crippen LogP contribution in [0.2, 0.25) is 0 Å². The van der Waals surface area contributed by atoms with E-state index in [1.807, 2.05) is 47.8 Å². The summed E-state index contributed by atoms with van der Waals surface area (Å²) >= 11 is 1.45. The van der Waals surface area contributed by atoms with Crippen LogP contribution < -0.4 is 15.0 Å². The molecule has 1 N–H and O–H groups in total. The number of thiophene rings is 1. The summed E-state index contributed by atoms with van der Waals surface area (Å²) in [4.78, 5) is 19.8. The highest BCUT2D eigenvalue weighted by Crippen LogP contribution is 2.40. The highest BCUT2D eigenvalue weighted by Gasteiger charge is 2.37. The number of nitrogens with zero attached hydrogens (tertiary/aromatic N) is 3. The first-order valence-electron chi connectivity index (χ1n) is 10.4. The number of hydrogen-bond donors (Lipinski definition) is 1. The van der Waals surface area contributed by atoms with Crippen LogP contribution in [0.25, 0.3) is 16.3 Å². The van der Waals surface area contributed by atoms with Crippen molar-refractivity contribution in [1.82, 2.24) is 15.5 Å². The number of ether oxygens (including phenoxy) is 1. The zero-order valence-electron chi connectivity index (χ0n) is 18.1. The largest absolute Gasteiger partial charge is 0.573 e. The Balaban J connectivity index is 1.62. The average Bonchev–Trinajstić information content (AvgIpc) is 3.51. The summed E-state index contributed by atoms with van der Waals surface area (Å²) in [5.41, 5.74) is 1.91. The van der Waals surface area contributed by atoms with Crippen molar-refractivity contribution in [3.05, 3.63) is 89.3 Å². The lowest BCUT2D eigenvalue weighted by molar-refractivity contribution is -0.274. The van der Waals surface area contributed by atoms with E-state index in [2.05, 4.69) is 20.2 Å². The maximum absolute atomic E-state index is 13.2. The van der Waals surface area contributed by atoms with E-state index in [-0.39, 0.29) is 11.6 Å². The Morgan fingerprint density at radius 3 is 2.60 bits per heavy atom. The van der Waals surface area contributed by atoms with Gasteiger partial charge in [0.25, 0.3) is 5.89 Å². The minimum Gasteiger partial charge on any atom is -0.406 e. The molecule has 2 amide bonds. The first-order valence-corrected chi connectivity index (χ1v) is 11.3. The lowest BCUT2D eigenvalue weighted by Gasteiger charge is -2.35. The van der Waals surface area contributed by atoms with Crippen molar-refractivity contribution in [3.8, 4) is 16.5 Å². The molecule has 2 aromatic carbocycles. The molecule has 0 spiro atoms. The van der Waals surface area contributed by atoms with Crippen LogP contribution in [0.15, 0.2) is 82.3 Å². The second-order valence-corrected chi connectivity index (χ2v) is 8.52. The van der Waals surface area contributed by atoms with Crippen LogP contribution in [0, 0.1) is 0 Å². The van der Waals surface area contributed by atoms with Crippen molar-refractivity contribution in [2.24, 2.45) is 0 Å². The van der Waals surface area contributed by atoms with E-state index in [9.17, 15) is 18.0 Å². The summed E-state index contributed by atoms with van der Waals surface area (Å²) in [6.07, 6.45) is -4.86. The molecule has 35 heavy (non-hydrogen) atoms. The Bertz CT molecular complexity index is 1380. The zero-order valence-corrected chi connectivity index (χ0v) is 18.9. The highest BCUT2D eigenvalue weighted by molar-refractivity contribution is 7.13. The third-order valence-corrected chi connectivity index (χ3v) is 6.19. The van der Waals surface area contributed by atoms with Gasteiger partial charge in [0.05, 0.1) is 22.2 Å². The van der Waals surface area contributed by atoms with Gasteiger partial charge in [-0.25, -0.2) is 4.79 Å². The molecule has 5 rings (SSSR count). The van der Waals surface area contributed by atoms with E-state index < -0.39 is 24.2 Å². The Hall–Kier alpha value is -4.12. The molecule has 1 aliphatic heterocycles. The fourth-order valence-corrected chi connectivity index (χ4v) is 4.53. The Morgan fingerprint density at radius 2 is 1.89 bits per heavy atom. The average molecular weight is 498 g/mol. The summed E-state index contributed by atoms with van der Waals surface area (Å²) in [5, 5.41) is 8.88. The number of nitrogens with one attached hydrogen (secondary N) is 1. The number of carbonyl (C=O) groups excluding carboxylic acids is 1. The summed E-state index contributed by atoms with van der Waals surface area (Å²) in [7, 11) is 0. The molecule has 0 saturated heterocycles. The predicted molar refractivity (Wildman–Crippen MR) is 124 cm³/mol. The molecule has 178 valence electrons. The summed E-state index contributed by atoms with van der Waals surface area (Å²) < 4.78 is 47.9. The van der Waals surface area contributed by atoms with E-state index in [0.29, 0.717) is 17.1 Å². The van der Waals surface area contributed by atoms with E-state index in [0.717, 1.165) is 22.6 Å². The van der Waals surface area contributed by atoms with Gasteiger partial charge in [0.2, 0.25) is 5.82 Å². The molecule has 4 aromatic rings. The molecular weight excluding hydrogens is 481 g/mol. The summed E-state index contributed by atoms with van der Waals surface area (Å²) in [5.74, 6) is 0.138. The smallest absolute Gasteiger partial charge is 0.406 e. The van der Waals surface area contributed by atoms with E-state index in [1.54, 1.807) is 6.92 Å². The molecule has 7 nitrogen and oxygen atoms in total. The maximum Gasteiger partial charge on any atom is 0.573 e. The normalized spacial score (nSPS) is 16.4. The molecule has 2 aromatic heterocycles. The highest BCUT2D eigenvalue weighted by atomic mass is 32.1. The molecule has 1 aliphatic rings. The molecule has 3 heterocycles. The molecule has 11 heteroatoms. The molecule has 0 bridgehead atoms. The van der Waals surface area contributed by atoms with Gasteiger partial charge in [-0.2, -0.15) is 4.98 Å². The third-order valence-electron chi connectivity index (χ3n) is 5.33. The van der Waals surface area contributed by atoms with Crippen LogP contribution in [0.5, 0.6) is 5.75 Å². The Labute approximate surface area is 201 Å². The summed E-state index contributed by atoms with van der Waals surface area (Å²) in [6.45, 7) is 1.68. The van der Waals surface area contributed by atoms with Crippen LogP contribution in [-0.2, 0) is 0 Å². The number of alkyl halides is 3. The van der Waals surface area contributed by atoms with Crippen LogP contribution in [-0.4, -0.2) is 22.5 Å². The van der Waals surface area contributed by atoms with Gasteiger partial charge in [-0.1, -0.05) is 47.6 Å². The number of urea groups is 1. The molecule has 1 unspecified atom stereocenters. The monoisotopic (exact) mass is 498 g/mol. The summed E-state index contributed by atoms with van der Waals surface area (Å²) in [6, 6.07) is 17.0. The number of carbonyl (C=O) groups is 1. The minimum absolute atomic E-state index is 0.184. The number of rotatable bonds is 5. The molecular formula is C24H17F3N4O3S. The second-order valence-electron chi connectivity index (χ2n) is 7.57. The zero-order chi connectivity index (χ0) is 24.6. The van der Waals surface area contributed by atoms with Gasteiger partial charge >= 0.3 is 12.4 Å². The van der Waals surface area contributed by atoms with Crippen molar-refractivity contribution in [1.29, 1.82) is 0 Å². The first kappa shape index (κ1) is 22.7. The molecule has 0 fully saturated rings. The van der Waals surface area contributed by atoms with Crippen LogP contribution in [0.4, 0.5) is 23.7 Å². The number of anilines is 1. The fraction of sp³-hybridized carbons (Fsp3) is 0.125. The number of allylic oxidation sites excluding steroid dienone is 1. The van der Waals surface area contributed by atoms with Gasteiger partial charge < -0.3 is 14.6 Å². The van der Waals surface area contributed by atoms with Crippen LogP contribution in [0.1, 0.15) is 24.4 Å². The van der Waals surface area contributed by atoms with E-state index in [1.165, 1.54) is 28.4 Å². The fourth-order valence-electron chi connectivity index (χ4n) is 3.88. The molecule has 0 saturated carbocycles. The van der Waals surface area contributed by atoms with Crippen molar-refractivity contribution in [3.63, 3.8) is 0 Å². The first-order chi connectivity index (χ1) is 16.8. The quantitative estimate of drug-likeness (QED) is 0.345. The molecule has 0 radical (unpaired) electrons. The topological polar surface area (TPSA) is 80.5 Å². The Kier molecular flexibility index (Phi) is 5.77. The third kappa shape index (κ3) is 4.62. The lowest BCUT2D eigenvalue weighted by atomic mass is 9.94. The van der Waals surface area contributed by atoms with Crippen LogP contribution >= 0.6 is 11.3 Å². The van der Waals surface area contributed by atoms with E-state index >= 15 is 0 Å². The van der Waals surface area contributed by atoms with Crippen molar-refractivity contribution in [2.45, 2.75) is 19.3 Å².